The van der Waals surface area contributed by atoms with Crippen molar-refractivity contribution in [3.8, 4) is 0 Å². The first-order chi connectivity index (χ1) is 8.78. The first-order valence-corrected chi connectivity index (χ1v) is 5.39. The lowest BCUT2D eigenvalue weighted by Gasteiger charge is -2.17. The molecule has 0 aliphatic heterocycles. The fraction of sp³-hybridized carbons (Fsp3) is 0.455. The molecule has 0 bridgehead atoms. The van der Waals surface area contributed by atoms with Gasteiger partial charge in [-0.2, -0.15) is 13.9 Å². The summed E-state index contributed by atoms with van der Waals surface area (Å²) in [5, 5.41) is 11.9. The summed E-state index contributed by atoms with van der Waals surface area (Å²) in [6, 6.07) is 0. The Bertz CT molecular complexity index is 539. The van der Waals surface area contributed by atoms with Gasteiger partial charge in [0.25, 0.3) is 12.3 Å². The van der Waals surface area contributed by atoms with Crippen LogP contribution in [0.5, 0.6) is 0 Å². The second-order valence-electron chi connectivity index (χ2n) is 4.23. The number of fused-ring (bicyclic) bond motifs is 1. The van der Waals surface area contributed by atoms with E-state index < -0.39 is 42.2 Å². The van der Waals surface area contributed by atoms with Gasteiger partial charge in [0.1, 0.15) is 17.9 Å². The summed E-state index contributed by atoms with van der Waals surface area (Å²) < 4.78 is 54.0. The Labute approximate surface area is 105 Å². The van der Waals surface area contributed by atoms with Gasteiger partial charge < -0.3 is 5.11 Å². The molecule has 1 heterocycles. The molecule has 0 radical (unpaired) electrons. The largest absolute Gasteiger partial charge is 0.480 e. The van der Waals surface area contributed by atoms with Crippen LogP contribution in [0.2, 0.25) is 0 Å². The van der Waals surface area contributed by atoms with E-state index in [-0.39, 0.29) is 12.0 Å². The molecule has 1 aliphatic rings. The highest BCUT2D eigenvalue weighted by molar-refractivity contribution is 5.66. The van der Waals surface area contributed by atoms with Gasteiger partial charge in [0.05, 0.1) is 5.92 Å². The number of carbonyl (C=O) groups is 1. The third-order valence-corrected chi connectivity index (χ3v) is 3.06. The van der Waals surface area contributed by atoms with E-state index in [1.54, 1.807) is 0 Å². The molecule has 1 aliphatic carbocycles. The molecule has 0 spiro atoms. The normalized spacial score (nSPS) is 20.6. The maximum absolute atomic E-state index is 14.0. The van der Waals surface area contributed by atoms with E-state index >= 15 is 0 Å². The molecule has 1 aromatic heterocycles. The molecular formula is C11H10F4N2O2. The Balaban J connectivity index is 2.59. The monoisotopic (exact) mass is 278 g/mol. The number of aromatic nitrogens is 2. The number of hydrogen-bond acceptors (Lipinski definition) is 2. The zero-order valence-corrected chi connectivity index (χ0v) is 9.62. The SMILES string of the molecule is C=CC1Cc2c(C(F)F)nn(CC(=O)O)c2C1(F)F. The number of aliphatic carboxylic acids is 1. The van der Waals surface area contributed by atoms with E-state index in [1.807, 2.05) is 0 Å². The second kappa shape index (κ2) is 4.36. The number of hydrogen-bond donors (Lipinski definition) is 1. The van der Waals surface area contributed by atoms with Gasteiger partial charge in [0.2, 0.25) is 0 Å². The van der Waals surface area contributed by atoms with Crippen molar-refractivity contribution in [2.45, 2.75) is 25.3 Å². The van der Waals surface area contributed by atoms with Gasteiger partial charge in [-0.25, -0.2) is 8.78 Å². The van der Waals surface area contributed by atoms with Gasteiger partial charge >= 0.3 is 5.97 Å². The molecule has 0 saturated carbocycles. The molecule has 0 saturated heterocycles. The molecule has 0 aromatic carbocycles. The van der Waals surface area contributed by atoms with Crippen LogP contribution in [0.1, 0.15) is 23.4 Å². The minimum absolute atomic E-state index is 0.272. The van der Waals surface area contributed by atoms with E-state index in [0.717, 1.165) is 6.08 Å². The average Bonchev–Trinajstić information content (AvgIpc) is 2.75. The van der Waals surface area contributed by atoms with Crippen LogP contribution in [0, 0.1) is 5.92 Å². The predicted octanol–water partition coefficient (Wildman–Crippen LogP) is 2.36. The minimum Gasteiger partial charge on any atom is -0.480 e. The lowest BCUT2D eigenvalue weighted by Crippen LogP contribution is -2.25. The average molecular weight is 278 g/mol. The van der Waals surface area contributed by atoms with Crippen LogP contribution in [-0.2, 0) is 23.7 Å². The van der Waals surface area contributed by atoms with E-state index in [2.05, 4.69) is 11.7 Å². The number of rotatable bonds is 4. The molecular weight excluding hydrogens is 268 g/mol. The first-order valence-electron chi connectivity index (χ1n) is 5.39. The topological polar surface area (TPSA) is 55.1 Å². The fourth-order valence-corrected chi connectivity index (χ4v) is 2.26. The molecule has 0 fully saturated rings. The molecule has 1 aromatic rings. The number of nitrogens with zero attached hydrogens (tertiary/aromatic N) is 2. The Morgan fingerprint density at radius 2 is 2.26 bits per heavy atom. The van der Waals surface area contributed by atoms with Gasteiger partial charge in [0, 0.05) is 5.56 Å². The summed E-state index contributed by atoms with van der Waals surface area (Å²) >= 11 is 0. The van der Waals surface area contributed by atoms with Crippen molar-refractivity contribution in [3.05, 3.63) is 29.6 Å². The first kappa shape index (κ1) is 13.6. The van der Waals surface area contributed by atoms with Crippen LogP contribution in [0.15, 0.2) is 12.7 Å². The predicted molar refractivity (Wildman–Crippen MR) is 56.1 cm³/mol. The van der Waals surface area contributed by atoms with Gasteiger partial charge in [-0.05, 0) is 6.42 Å². The molecule has 19 heavy (non-hydrogen) atoms. The molecule has 4 nitrogen and oxygen atoms in total. The highest BCUT2D eigenvalue weighted by Crippen LogP contribution is 2.48. The highest BCUT2D eigenvalue weighted by Gasteiger charge is 2.52. The molecule has 8 heteroatoms. The minimum atomic E-state index is -3.44. The maximum atomic E-state index is 14.0. The lowest BCUT2D eigenvalue weighted by atomic mass is 10.0. The van der Waals surface area contributed by atoms with Crippen LogP contribution in [-0.4, -0.2) is 20.9 Å². The summed E-state index contributed by atoms with van der Waals surface area (Å²) in [4.78, 5) is 10.6. The van der Waals surface area contributed by atoms with Crippen LogP contribution in [0.4, 0.5) is 17.6 Å². The summed E-state index contributed by atoms with van der Waals surface area (Å²) in [5.41, 5.74) is -1.79. The summed E-state index contributed by atoms with van der Waals surface area (Å²) in [6.07, 6.45) is -2.35. The third-order valence-electron chi connectivity index (χ3n) is 3.06. The molecule has 0 amide bonds. The van der Waals surface area contributed by atoms with Crippen molar-refractivity contribution in [1.29, 1.82) is 0 Å². The number of halogens is 4. The fourth-order valence-electron chi connectivity index (χ4n) is 2.26. The van der Waals surface area contributed by atoms with Crippen LogP contribution in [0.3, 0.4) is 0 Å². The molecule has 104 valence electrons. The van der Waals surface area contributed by atoms with E-state index in [0.29, 0.717) is 4.68 Å². The molecule has 1 unspecified atom stereocenters. The zero-order valence-electron chi connectivity index (χ0n) is 9.62. The Kier molecular flexibility index (Phi) is 3.11. The smallest absolute Gasteiger partial charge is 0.325 e. The summed E-state index contributed by atoms with van der Waals surface area (Å²) in [6.45, 7) is 2.37. The van der Waals surface area contributed by atoms with Crippen molar-refractivity contribution in [3.63, 3.8) is 0 Å². The van der Waals surface area contributed by atoms with Gasteiger partial charge in [-0.15, -0.1) is 6.58 Å². The third kappa shape index (κ3) is 2.00. The molecule has 1 atom stereocenters. The number of alkyl halides is 4. The van der Waals surface area contributed by atoms with Gasteiger partial charge in [0.15, 0.2) is 0 Å². The maximum Gasteiger partial charge on any atom is 0.325 e. The van der Waals surface area contributed by atoms with E-state index in [9.17, 15) is 22.4 Å². The number of carboxylic acids is 1. The summed E-state index contributed by atoms with van der Waals surface area (Å²) in [7, 11) is 0. The quantitative estimate of drug-likeness (QED) is 0.679. The van der Waals surface area contributed by atoms with Crippen LogP contribution < -0.4 is 0 Å². The lowest BCUT2D eigenvalue weighted by molar-refractivity contribution is -0.138. The van der Waals surface area contributed by atoms with Crippen molar-refractivity contribution in [2.24, 2.45) is 5.92 Å². The summed E-state index contributed by atoms with van der Waals surface area (Å²) in [5.74, 6) is -6.19. The van der Waals surface area contributed by atoms with Crippen LogP contribution in [0.25, 0.3) is 0 Å². The van der Waals surface area contributed by atoms with Crippen molar-refractivity contribution < 1.29 is 27.5 Å². The van der Waals surface area contributed by atoms with Crippen molar-refractivity contribution >= 4 is 5.97 Å². The number of allylic oxidation sites excluding steroid dienone is 1. The van der Waals surface area contributed by atoms with Crippen molar-refractivity contribution in [2.75, 3.05) is 0 Å². The standard InChI is InChI=1S/C11H10F4N2O2/c1-2-5-3-6-8(10(12)13)16-17(4-7(18)19)9(6)11(5,14)15/h2,5,10H,1,3-4H2,(H,18,19). The highest BCUT2D eigenvalue weighted by atomic mass is 19.3. The Hall–Kier alpha value is -1.86. The zero-order chi connectivity index (χ0) is 14.4. The molecule has 1 N–H and O–H groups in total. The second-order valence-corrected chi connectivity index (χ2v) is 4.23. The van der Waals surface area contributed by atoms with E-state index in [1.165, 1.54) is 0 Å². The molecule has 2 rings (SSSR count). The van der Waals surface area contributed by atoms with Crippen molar-refractivity contribution in [1.82, 2.24) is 9.78 Å². The van der Waals surface area contributed by atoms with Gasteiger partial charge in [-0.3, -0.25) is 9.48 Å². The Morgan fingerprint density at radius 3 is 2.74 bits per heavy atom. The Morgan fingerprint density at radius 1 is 1.63 bits per heavy atom. The van der Waals surface area contributed by atoms with Crippen LogP contribution >= 0.6 is 0 Å². The van der Waals surface area contributed by atoms with Gasteiger partial charge in [-0.1, -0.05) is 6.08 Å². The number of carboxylic acid groups (broad SMARTS) is 1. The van der Waals surface area contributed by atoms with E-state index in [4.69, 9.17) is 5.11 Å².